The summed E-state index contributed by atoms with van der Waals surface area (Å²) in [6, 6.07) is 20.1. The van der Waals surface area contributed by atoms with Crippen LogP contribution in [0.4, 0.5) is 5.69 Å². The van der Waals surface area contributed by atoms with E-state index in [-0.39, 0.29) is 11.6 Å². The average Bonchev–Trinajstić information content (AvgIpc) is 3.23. The van der Waals surface area contributed by atoms with E-state index in [0.29, 0.717) is 32.9 Å². The predicted octanol–water partition coefficient (Wildman–Crippen LogP) is 4.18. The first-order valence-electron chi connectivity index (χ1n) is 10.9. The molecule has 2 aromatic carbocycles. The molecule has 0 unspecified atom stereocenters. The molecule has 3 aromatic heterocycles. The summed E-state index contributed by atoms with van der Waals surface area (Å²) < 4.78 is 29.2. The summed E-state index contributed by atoms with van der Waals surface area (Å²) in [5.41, 5.74) is 3.12. The number of anilines is 1. The number of pyridine rings is 2. The van der Waals surface area contributed by atoms with Gasteiger partial charge in [0.1, 0.15) is 5.69 Å². The normalized spacial score (nSPS) is 11.9. The smallest absolute Gasteiger partial charge is 0.308 e. The highest BCUT2D eigenvalue weighted by atomic mass is 32.2. The highest BCUT2D eigenvalue weighted by Gasteiger charge is 2.29. The zero-order valence-electron chi connectivity index (χ0n) is 19.5. The van der Waals surface area contributed by atoms with Crippen LogP contribution >= 0.6 is 0 Å². The molecule has 0 fully saturated rings. The second-order valence-electron chi connectivity index (χ2n) is 8.25. The molecule has 0 aliphatic heterocycles. The summed E-state index contributed by atoms with van der Waals surface area (Å²) in [5.74, 6) is -0.308. The highest BCUT2D eigenvalue weighted by molar-refractivity contribution is 7.87. The zero-order chi connectivity index (χ0) is 24.7. The third kappa shape index (κ3) is 3.65. The third-order valence-corrected chi connectivity index (χ3v) is 7.76. The molecule has 0 spiro atoms. The molecular formula is C26H23N5O3S. The molecule has 9 heteroatoms. The van der Waals surface area contributed by atoms with E-state index in [4.69, 9.17) is 0 Å². The summed E-state index contributed by atoms with van der Waals surface area (Å²) in [6.07, 6.45) is 4.74. The Kier molecular flexibility index (Phi) is 5.58. The fourth-order valence-electron chi connectivity index (χ4n) is 4.22. The summed E-state index contributed by atoms with van der Waals surface area (Å²) in [5, 5.41) is 1.34. The molecule has 0 aliphatic carbocycles. The molecule has 0 saturated heterocycles. The Morgan fingerprint density at radius 3 is 2.20 bits per heavy atom. The van der Waals surface area contributed by atoms with Crippen molar-refractivity contribution in [3.8, 4) is 11.1 Å². The summed E-state index contributed by atoms with van der Waals surface area (Å²) >= 11 is 0. The lowest BCUT2D eigenvalue weighted by molar-refractivity contribution is 0.0989. The van der Waals surface area contributed by atoms with Crippen molar-refractivity contribution in [2.45, 2.75) is 0 Å². The first kappa shape index (κ1) is 22.7. The minimum Gasteiger partial charge on any atom is -0.310 e. The van der Waals surface area contributed by atoms with Crippen LogP contribution in [0.3, 0.4) is 0 Å². The van der Waals surface area contributed by atoms with Crippen LogP contribution in [0.15, 0.2) is 85.3 Å². The number of benzene rings is 2. The zero-order valence-corrected chi connectivity index (χ0v) is 20.3. The summed E-state index contributed by atoms with van der Waals surface area (Å²) in [7, 11) is 0.790. The van der Waals surface area contributed by atoms with Gasteiger partial charge in [0.15, 0.2) is 0 Å². The van der Waals surface area contributed by atoms with Crippen LogP contribution in [0, 0.1) is 0 Å². The molecule has 0 saturated carbocycles. The second-order valence-corrected chi connectivity index (χ2v) is 10.2. The topological polar surface area (TPSA) is 88.4 Å². The molecule has 3 heterocycles. The fraction of sp³-hybridized carbons (Fsp3) is 0.115. The van der Waals surface area contributed by atoms with Crippen molar-refractivity contribution in [2.24, 2.45) is 0 Å². The average molecular weight is 486 g/mol. The minimum atomic E-state index is -3.88. The Balaban J connectivity index is 1.90. The van der Waals surface area contributed by atoms with E-state index in [1.54, 1.807) is 43.7 Å². The fourth-order valence-corrected chi connectivity index (χ4v) is 5.34. The van der Waals surface area contributed by atoms with Crippen LogP contribution in [-0.2, 0) is 10.2 Å². The Morgan fingerprint density at radius 2 is 1.51 bits per heavy atom. The Labute approximate surface area is 203 Å². The van der Waals surface area contributed by atoms with E-state index in [2.05, 4.69) is 9.97 Å². The number of para-hydroxylation sites is 2. The van der Waals surface area contributed by atoms with E-state index in [1.165, 1.54) is 29.2 Å². The van der Waals surface area contributed by atoms with Gasteiger partial charge in [0.05, 0.1) is 17.2 Å². The van der Waals surface area contributed by atoms with E-state index in [0.717, 1.165) is 9.99 Å². The van der Waals surface area contributed by atoms with Crippen molar-refractivity contribution >= 4 is 43.6 Å². The van der Waals surface area contributed by atoms with Gasteiger partial charge in [0.2, 0.25) is 0 Å². The highest BCUT2D eigenvalue weighted by Crippen LogP contribution is 2.39. The Bertz CT molecular complexity index is 1660. The molecule has 176 valence electrons. The van der Waals surface area contributed by atoms with E-state index < -0.39 is 10.2 Å². The lowest BCUT2D eigenvalue weighted by Crippen LogP contribution is -2.29. The minimum absolute atomic E-state index is 0.222. The Morgan fingerprint density at radius 1 is 0.857 bits per heavy atom. The largest absolute Gasteiger partial charge is 0.310 e. The van der Waals surface area contributed by atoms with Gasteiger partial charge in [-0.2, -0.15) is 12.7 Å². The van der Waals surface area contributed by atoms with Crippen molar-refractivity contribution in [2.75, 3.05) is 26.0 Å². The number of amides is 1. The summed E-state index contributed by atoms with van der Waals surface area (Å²) in [6.45, 7) is 0. The predicted molar refractivity (Wildman–Crippen MR) is 138 cm³/mol. The van der Waals surface area contributed by atoms with Crippen LogP contribution < -0.4 is 4.90 Å². The van der Waals surface area contributed by atoms with Crippen LogP contribution in [0.25, 0.3) is 32.9 Å². The number of hydrogen-bond donors (Lipinski definition) is 0. The number of hydrogen-bond acceptors (Lipinski definition) is 5. The van der Waals surface area contributed by atoms with Gasteiger partial charge >= 0.3 is 10.2 Å². The van der Waals surface area contributed by atoms with Crippen molar-refractivity contribution in [1.82, 2.24) is 18.2 Å². The molecular weight excluding hydrogens is 462 g/mol. The first-order chi connectivity index (χ1) is 16.8. The van der Waals surface area contributed by atoms with Crippen molar-refractivity contribution in [3.63, 3.8) is 0 Å². The SMILES string of the molecule is CN(C(=O)c1ncc2c(c1-c1ccncc1)c1ccccc1n2S(=O)(=O)N(C)C)c1ccccc1. The Hall–Kier alpha value is -4.08. The molecule has 0 aliphatic rings. The lowest BCUT2D eigenvalue weighted by Gasteiger charge is -2.19. The van der Waals surface area contributed by atoms with Crippen molar-refractivity contribution < 1.29 is 13.2 Å². The van der Waals surface area contributed by atoms with Gasteiger partial charge < -0.3 is 4.90 Å². The number of carbonyl (C=O) groups is 1. The van der Waals surface area contributed by atoms with Gasteiger partial charge in [-0.3, -0.25) is 9.78 Å². The molecule has 1 amide bonds. The van der Waals surface area contributed by atoms with Crippen LogP contribution in [0.1, 0.15) is 10.5 Å². The number of fused-ring (bicyclic) bond motifs is 3. The number of carbonyl (C=O) groups excluding carboxylic acids is 1. The van der Waals surface area contributed by atoms with Gasteiger partial charge in [-0.25, -0.2) is 8.96 Å². The lowest BCUT2D eigenvalue weighted by atomic mass is 9.98. The second kappa shape index (κ2) is 8.61. The molecule has 0 N–H and O–H groups in total. The molecule has 0 atom stereocenters. The van der Waals surface area contributed by atoms with E-state index in [9.17, 15) is 13.2 Å². The third-order valence-electron chi connectivity index (χ3n) is 5.98. The number of aromatic nitrogens is 3. The first-order valence-corrected chi connectivity index (χ1v) is 12.3. The van der Waals surface area contributed by atoms with E-state index in [1.807, 2.05) is 42.5 Å². The molecule has 35 heavy (non-hydrogen) atoms. The van der Waals surface area contributed by atoms with E-state index >= 15 is 0 Å². The monoisotopic (exact) mass is 485 g/mol. The van der Waals surface area contributed by atoms with Gasteiger partial charge in [-0.05, 0) is 35.9 Å². The maximum atomic E-state index is 13.7. The molecule has 0 bridgehead atoms. The summed E-state index contributed by atoms with van der Waals surface area (Å²) in [4.78, 5) is 23.9. The van der Waals surface area contributed by atoms with Crippen LogP contribution in [0.5, 0.6) is 0 Å². The quantitative estimate of drug-likeness (QED) is 0.373. The van der Waals surface area contributed by atoms with Crippen LogP contribution in [0.2, 0.25) is 0 Å². The number of nitrogens with zero attached hydrogens (tertiary/aromatic N) is 5. The van der Waals surface area contributed by atoms with Gasteiger partial charge in [-0.15, -0.1) is 0 Å². The molecule has 8 nitrogen and oxygen atoms in total. The molecule has 5 rings (SSSR count). The van der Waals surface area contributed by atoms with Crippen molar-refractivity contribution in [1.29, 1.82) is 0 Å². The maximum absolute atomic E-state index is 13.7. The van der Waals surface area contributed by atoms with Gasteiger partial charge in [0.25, 0.3) is 5.91 Å². The van der Waals surface area contributed by atoms with Gasteiger partial charge in [-0.1, -0.05) is 36.4 Å². The van der Waals surface area contributed by atoms with Crippen LogP contribution in [-0.4, -0.2) is 53.7 Å². The van der Waals surface area contributed by atoms with Gasteiger partial charge in [0, 0.05) is 55.6 Å². The number of rotatable bonds is 5. The maximum Gasteiger partial charge on any atom is 0.308 e. The standard InChI is InChI=1S/C26H23N5O3S/c1-29(2)35(33,34)31-21-12-8-7-11-20(21)24-22(31)17-28-25(23(24)18-13-15-27-16-14-18)26(32)30(3)19-9-5-4-6-10-19/h4-17H,1-3H3. The molecule has 0 radical (unpaired) electrons. The van der Waals surface area contributed by atoms with Crippen molar-refractivity contribution in [3.05, 3.63) is 91.0 Å². The molecule has 5 aromatic rings.